The summed E-state index contributed by atoms with van der Waals surface area (Å²) < 4.78 is 18.5. The Morgan fingerprint density at radius 2 is 2.05 bits per heavy atom. The van der Waals surface area contributed by atoms with E-state index in [1.807, 2.05) is 13.0 Å². The number of hydrogen-bond acceptors (Lipinski definition) is 3. The summed E-state index contributed by atoms with van der Waals surface area (Å²) in [5.41, 5.74) is 2.26. The molecular formula is C18H22O3. The first kappa shape index (κ1) is 13.5. The number of allylic oxidation sites excluding steroid dienone is 1. The summed E-state index contributed by atoms with van der Waals surface area (Å²) in [4.78, 5) is 0. The summed E-state index contributed by atoms with van der Waals surface area (Å²) in [7, 11) is 1.72. The Morgan fingerprint density at radius 3 is 2.81 bits per heavy atom. The monoisotopic (exact) mass is 286 g/mol. The maximum Gasteiger partial charge on any atom is 0.169 e. The molecule has 0 N–H and O–H groups in total. The summed E-state index contributed by atoms with van der Waals surface area (Å²) >= 11 is 0. The van der Waals surface area contributed by atoms with Crippen LogP contribution in [-0.4, -0.2) is 24.6 Å². The zero-order chi connectivity index (χ0) is 14.5. The van der Waals surface area contributed by atoms with Crippen molar-refractivity contribution in [1.82, 2.24) is 0 Å². The van der Waals surface area contributed by atoms with E-state index in [1.54, 1.807) is 7.11 Å². The van der Waals surface area contributed by atoms with Gasteiger partial charge in [-0.15, -0.1) is 0 Å². The van der Waals surface area contributed by atoms with Crippen molar-refractivity contribution in [3.63, 3.8) is 0 Å². The average Bonchev–Trinajstić information content (AvgIpc) is 2.96. The second-order valence-corrected chi connectivity index (χ2v) is 6.50. The summed E-state index contributed by atoms with van der Waals surface area (Å²) in [6.45, 7) is 2.02. The van der Waals surface area contributed by atoms with E-state index in [0.29, 0.717) is 0 Å². The fourth-order valence-corrected chi connectivity index (χ4v) is 4.13. The normalized spacial score (nSPS) is 41.5. The number of rotatable bonds is 2. The second-order valence-electron chi connectivity index (χ2n) is 6.50. The fourth-order valence-electron chi connectivity index (χ4n) is 4.13. The predicted octanol–water partition coefficient (Wildman–Crippen LogP) is 3.76. The van der Waals surface area contributed by atoms with Gasteiger partial charge in [-0.25, -0.2) is 0 Å². The zero-order valence-electron chi connectivity index (χ0n) is 12.7. The molecule has 1 spiro atoms. The van der Waals surface area contributed by atoms with Crippen LogP contribution in [-0.2, 0) is 14.2 Å². The lowest BCUT2D eigenvalue weighted by atomic mass is 9.78. The van der Waals surface area contributed by atoms with Crippen LogP contribution in [0.1, 0.15) is 44.3 Å². The van der Waals surface area contributed by atoms with E-state index in [-0.39, 0.29) is 17.8 Å². The van der Waals surface area contributed by atoms with Crippen molar-refractivity contribution >= 4 is 0 Å². The highest BCUT2D eigenvalue weighted by Gasteiger charge is 2.63. The number of hydrogen-bond donors (Lipinski definition) is 0. The third kappa shape index (κ3) is 1.91. The number of ether oxygens (including phenoxy) is 3. The minimum absolute atomic E-state index is 0.0397. The van der Waals surface area contributed by atoms with Gasteiger partial charge in [0.2, 0.25) is 0 Å². The first-order valence-electron chi connectivity index (χ1n) is 7.83. The van der Waals surface area contributed by atoms with Gasteiger partial charge < -0.3 is 14.2 Å². The Bertz CT molecular complexity index is 567. The molecule has 2 unspecified atom stereocenters. The maximum atomic E-state index is 6.45. The van der Waals surface area contributed by atoms with Crippen molar-refractivity contribution in [3.05, 3.63) is 47.5 Å². The molecule has 1 aromatic carbocycles. The van der Waals surface area contributed by atoms with Crippen LogP contribution in [0.25, 0.3) is 0 Å². The van der Waals surface area contributed by atoms with E-state index >= 15 is 0 Å². The van der Waals surface area contributed by atoms with Gasteiger partial charge in [-0.3, -0.25) is 0 Å². The first-order chi connectivity index (χ1) is 10.2. The molecule has 21 heavy (non-hydrogen) atoms. The quantitative estimate of drug-likeness (QED) is 0.775. The minimum atomic E-state index is -0.525. The molecule has 4 atom stereocenters. The Balaban J connectivity index is 1.74. The summed E-state index contributed by atoms with van der Waals surface area (Å²) in [6.07, 6.45) is 6.57. The van der Waals surface area contributed by atoms with Crippen LogP contribution in [0, 0.1) is 0 Å². The minimum Gasteiger partial charge on any atom is -0.362 e. The number of benzene rings is 1. The van der Waals surface area contributed by atoms with Gasteiger partial charge in [0.1, 0.15) is 11.7 Å². The zero-order valence-corrected chi connectivity index (χ0v) is 12.7. The smallest absolute Gasteiger partial charge is 0.169 e. The van der Waals surface area contributed by atoms with Gasteiger partial charge in [0.15, 0.2) is 5.79 Å². The third-order valence-electron chi connectivity index (χ3n) is 5.20. The fraction of sp³-hybridized carbons (Fsp3) is 0.556. The predicted molar refractivity (Wildman–Crippen MR) is 79.8 cm³/mol. The van der Waals surface area contributed by atoms with Crippen LogP contribution in [0.15, 0.2) is 42.0 Å². The maximum absolute atomic E-state index is 6.45. The Kier molecular flexibility index (Phi) is 3.00. The van der Waals surface area contributed by atoms with Crippen LogP contribution in [0.2, 0.25) is 0 Å². The molecule has 0 bridgehead atoms. The van der Waals surface area contributed by atoms with Crippen LogP contribution in [0.5, 0.6) is 0 Å². The molecule has 0 amide bonds. The molecule has 2 fully saturated rings. The van der Waals surface area contributed by atoms with Gasteiger partial charge in [0.05, 0.1) is 6.10 Å². The summed E-state index contributed by atoms with van der Waals surface area (Å²) in [5.74, 6) is -0.525. The molecule has 4 rings (SSSR count). The van der Waals surface area contributed by atoms with E-state index in [4.69, 9.17) is 14.2 Å². The molecule has 0 saturated carbocycles. The SMILES string of the molecule is CO[C@@]1(C)C[C@@H]2OC(c3ccccc3)C3=CCCCC32O1. The molecule has 3 heteroatoms. The Hall–Kier alpha value is -1.16. The van der Waals surface area contributed by atoms with E-state index in [9.17, 15) is 0 Å². The van der Waals surface area contributed by atoms with Gasteiger partial charge in [0.25, 0.3) is 0 Å². The van der Waals surface area contributed by atoms with Gasteiger partial charge >= 0.3 is 0 Å². The van der Waals surface area contributed by atoms with Crippen molar-refractivity contribution in [2.45, 2.75) is 56.2 Å². The van der Waals surface area contributed by atoms with E-state index in [2.05, 4.69) is 30.3 Å². The topological polar surface area (TPSA) is 27.7 Å². The van der Waals surface area contributed by atoms with Crippen molar-refractivity contribution in [2.24, 2.45) is 0 Å². The molecule has 0 radical (unpaired) electrons. The molecule has 2 saturated heterocycles. The van der Waals surface area contributed by atoms with Crippen LogP contribution < -0.4 is 0 Å². The largest absolute Gasteiger partial charge is 0.362 e. The van der Waals surface area contributed by atoms with Crippen LogP contribution in [0.3, 0.4) is 0 Å². The second kappa shape index (κ2) is 4.67. The average molecular weight is 286 g/mol. The lowest BCUT2D eigenvalue weighted by molar-refractivity contribution is -0.221. The highest BCUT2D eigenvalue weighted by atomic mass is 16.7. The molecule has 3 nitrogen and oxygen atoms in total. The highest BCUT2D eigenvalue weighted by Crippen LogP contribution is 2.58. The van der Waals surface area contributed by atoms with Crippen molar-refractivity contribution in [2.75, 3.05) is 7.11 Å². The van der Waals surface area contributed by atoms with Crippen molar-refractivity contribution < 1.29 is 14.2 Å². The summed E-state index contributed by atoms with van der Waals surface area (Å²) in [5, 5.41) is 0. The molecule has 3 aliphatic rings. The van der Waals surface area contributed by atoms with Gasteiger partial charge in [0, 0.05) is 13.5 Å². The molecule has 0 aromatic heterocycles. The summed E-state index contributed by atoms with van der Waals surface area (Å²) in [6, 6.07) is 10.5. The van der Waals surface area contributed by atoms with E-state index < -0.39 is 5.79 Å². The molecule has 1 aliphatic carbocycles. The van der Waals surface area contributed by atoms with E-state index in [1.165, 1.54) is 11.1 Å². The Morgan fingerprint density at radius 1 is 1.24 bits per heavy atom. The van der Waals surface area contributed by atoms with Gasteiger partial charge in [-0.1, -0.05) is 36.4 Å². The van der Waals surface area contributed by atoms with Crippen LogP contribution >= 0.6 is 0 Å². The van der Waals surface area contributed by atoms with E-state index in [0.717, 1.165) is 25.7 Å². The molecule has 2 heterocycles. The van der Waals surface area contributed by atoms with Crippen molar-refractivity contribution in [1.29, 1.82) is 0 Å². The Labute approximate surface area is 125 Å². The molecule has 1 aromatic rings. The van der Waals surface area contributed by atoms with Crippen LogP contribution in [0.4, 0.5) is 0 Å². The molecular weight excluding hydrogens is 264 g/mol. The number of methoxy groups -OCH3 is 1. The van der Waals surface area contributed by atoms with Crippen molar-refractivity contribution in [3.8, 4) is 0 Å². The molecule has 112 valence electrons. The van der Waals surface area contributed by atoms with Gasteiger partial charge in [-0.05, 0) is 37.3 Å². The lowest BCUT2D eigenvalue weighted by Crippen LogP contribution is -2.40. The molecule has 2 aliphatic heterocycles. The third-order valence-corrected chi connectivity index (χ3v) is 5.20. The lowest BCUT2D eigenvalue weighted by Gasteiger charge is -2.35. The standard InChI is InChI=1S/C18H22O3/c1-17(19-2)12-15-18(21-17)11-7-6-10-14(18)16(20-15)13-8-4-3-5-9-13/h3-5,8-10,15-16H,6-7,11-12H2,1-2H3/t15-,16?,17+,18?/m0/s1. The highest BCUT2D eigenvalue weighted by molar-refractivity contribution is 5.39. The van der Waals surface area contributed by atoms with Gasteiger partial charge in [-0.2, -0.15) is 0 Å². The first-order valence-corrected chi connectivity index (χ1v) is 7.83.